The summed E-state index contributed by atoms with van der Waals surface area (Å²) in [5.41, 5.74) is 17.0. The molecule has 0 bridgehead atoms. The Morgan fingerprint density at radius 3 is 2.68 bits per heavy atom. The van der Waals surface area contributed by atoms with Crippen molar-refractivity contribution in [2.45, 2.75) is 20.3 Å². The van der Waals surface area contributed by atoms with Gasteiger partial charge in [0.05, 0.1) is 11.4 Å². The van der Waals surface area contributed by atoms with Crippen LogP contribution in [-0.4, -0.2) is 28.4 Å². The molecule has 9 heteroatoms. The van der Waals surface area contributed by atoms with Gasteiger partial charge < -0.3 is 16.2 Å². The number of nitrogens with one attached hydrogen (secondary N) is 4. The quantitative estimate of drug-likeness (QED) is 0.146. The second-order valence-corrected chi connectivity index (χ2v) is 7.99. The maximum absolute atomic E-state index is 12.3. The number of hydrogen-bond acceptors (Lipinski definition) is 6. The van der Waals surface area contributed by atoms with Crippen LogP contribution in [0, 0.1) is 19.3 Å². The molecule has 1 aliphatic heterocycles. The average molecular weight is 456 g/mol. The molecule has 172 valence electrons. The molecule has 1 heterocycles. The van der Waals surface area contributed by atoms with Crippen LogP contribution in [0.25, 0.3) is 11.1 Å². The Balaban J connectivity index is 1.57. The Bertz CT molecular complexity index is 1340. The maximum Gasteiger partial charge on any atom is 0.293 e. The van der Waals surface area contributed by atoms with E-state index in [0.29, 0.717) is 29.1 Å². The first-order valence-corrected chi connectivity index (χ1v) is 10.6. The third-order valence-corrected chi connectivity index (χ3v) is 5.50. The van der Waals surface area contributed by atoms with Gasteiger partial charge in [-0.1, -0.05) is 42.5 Å². The number of aromatic hydroxyl groups is 1. The molecule has 34 heavy (non-hydrogen) atoms. The lowest BCUT2D eigenvalue weighted by atomic mass is 10.0. The van der Waals surface area contributed by atoms with Crippen molar-refractivity contribution in [1.29, 1.82) is 5.41 Å². The number of rotatable bonds is 6. The maximum atomic E-state index is 12.3. The number of amides is 1. The lowest BCUT2D eigenvalue weighted by Crippen LogP contribution is -2.25. The Morgan fingerprint density at radius 2 is 1.91 bits per heavy atom. The minimum Gasteiger partial charge on any atom is -0.505 e. The molecule has 0 unspecified atom stereocenters. The smallest absolute Gasteiger partial charge is 0.293 e. The molecule has 0 radical (unpaired) electrons. The first-order valence-electron chi connectivity index (χ1n) is 10.6. The van der Waals surface area contributed by atoms with E-state index in [1.165, 1.54) is 5.56 Å². The van der Waals surface area contributed by atoms with Crippen LogP contribution in [0.2, 0.25) is 0 Å². The zero-order valence-corrected chi connectivity index (χ0v) is 18.8. The highest BCUT2D eigenvalue weighted by Gasteiger charge is 2.25. The molecule has 0 saturated carbocycles. The van der Waals surface area contributed by atoms with E-state index in [9.17, 15) is 9.90 Å². The molecule has 0 aromatic heterocycles. The molecule has 1 aliphatic rings. The topological polar surface area (TPSA) is 148 Å². The number of anilines is 2. The van der Waals surface area contributed by atoms with Gasteiger partial charge in [0.15, 0.2) is 11.7 Å². The summed E-state index contributed by atoms with van der Waals surface area (Å²) in [6.07, 6.45) is 0.447. The Hall–Kier alpha value is -4.66. The number of phenolic OH excluding ortho intramolecular Hbond substituents is 1. The number of aryl methyl sites for hydroxylation is 2. The molecule has 0 fully saturated rings. The first-order chi connectivity index (χ1) is 16.3. The fourth-order valence-corrected chi connectivity index (χ4v) is 3.60. The van der Waals surface area contributed by atoms with E-state index < -0.39 is 5.91 Å². The Kier molecular flexibility index (Phi) is 6.26. The van der Waals surface area contributed by atoms with E-state index in [-0.39, 0.29) is 17.4 Å². The van der Waals surface area contributed by atoms with Crippen molar-refractivity contribution >= 4 is 34.7 Å². The number of nitrogens with two attached hydrogens (primary N) is 1. The predicted molar refractivity (Wildman–Crippen MR) is 135 cm³/mol. The molecular weight excluding hydrogens is 430 g/mol. The van der Waals surface area contributed by atoms with Gasteiger partial charge in [-0.25, -0.2) is 5.43 Å². The zero-order chi connectivity index (χ0) is 24.2. The molecule has 7 N–H and O–H groups in total. The number of benzene rings is 3. The standard InChI is InChI=1S/C25H25N7O2/c1-14-9-10-16(11-15(14)2)12-21-22(24(34)32-30-21)31-29-20-8-4-7-19(23(20)33)17-5-3-6-18(13-17)28-25(26)27/h3-11,13,29,33H,12H2,1-2H3,(H4,26,27,28)(H,31,32,34). The van der Waals surface area contributed by atoms with E-state index in [4.69, 9.17) is 11.1 Å². The highest BCUT2D eigenvalue weighted by molar-refractivity contribution is 6.69. The van der Waals surface area contributed by atoms with Gasteiger partial charge in [-0.2, -0.15) is 10.2 Å². The lowest BCUT2D eigenvalue weighted by Gasteiger charge is -2.11. The summed E-state index contributed by atoms with van der Waals surface area (Å²) in [7, 11) is 0. The molecule has 3 aromatic carbocycles. The third kappa shape index (κ3) is 4.88. The minimum atomic E-state index is -0.412. The van der Waals surface area contributed by atoms with Gasteiger partial charge in [-0.3, -0.25) is 15.6 Å². The molecule has 0 spiro atoms. The van der Waals surface area contributed by atoms with Crippen molar-refractivity contribution in [2.24, 2.45) is 15.9 Å². The number of carbonyl (C=O) groups excluding carboxylic acids is 1. The van der Waals surface area contributed by atoms with Gasteiger partial charge in [0.1, 0.15) is 5.75 Å². The summed E-state index contributed by atoms with van der Waals surface area (Å²) in [6.45, 7) is 4.08. The number of hydrazone groups is 2. The molecular formula is C25H25N7O2. The number of para-hydroxylation sites is 1. The normalized spacial score (nSPS) is 14.0. The van der Waals surface area contributed by atoms with E-state index in [2.05, 4.69) is 32.4 Å². The van der Waals surface area contributed by atoms with Crippen molar-refractivity contribution in [2.75, 3.05) is 10.7 Å². The second-order valence-electron chi connectivity index (χ2n) is 7.99. The largest absolute Gasteiger partial charge is 0.505 e. The number of guanidine groups is 1. The van der Waals surface area contributed by atoms with Crippen LogP contribution < -0.4 is 21.9 Å². The molecule has 1 amide bonds. The fourth-order valence-electron chi connectivity index (χ4n) is 3.60. The van der Waals surface area contributed by atoms with E-state index in [1.807, 2.05) is 32.0 Å². The van der Waals surface area contributed by atoms with Crippen LogP contribution in [-0.2, 0) is 11.2 Å². The Morgan fingerprint density at radius 1 is 1.12 bits per heavy atom. The van der Waals surface area contributed by atoms with Gasteiger partial charge in [-0.15, -0.1) is 0 Å². The summed E-state index contributed by atoms with van der Waals surface area (Å²) < 4.78 is 0. The molecule has 3 aromatic rings. The van der Waals surface area contributed by atoms with Crippen molar-refractivity contribution < 1.29 is 9.90 Å². The van der Waals surface area contributed by atoms with Gasteiger partial charge in [0, 0.05) is 17.7 Å². The summed E-state index contributed by atoms with van der Waals surface area (Å²) >= 11 is 0. The van der Waals surface area contributed by atoms with Crippen molar-refractivity contribution in [3.63, 3.8) is 0 Å². The van der Waals surface area contributed by atoms with E-state index >= 15 is 0 Å². The van der Waals surface area contributed by atoms with Gasteiger partial charge in [0.25, 0.3) is 5.91 Å². The van der Waals surface area contributed by atoms with Crippen molar-refractivity contribution in [1.82, 2.24) is 5.43 Å². The predicted octanol–water partition coefficient (Wildman–Crippen LogP) is 3.48. The SMILES string of the molecule is Cc1ccc(CC2=NNC(=O)C2=NNc2cccc(-c3cccc(NC(=N)N)c3)c2O)cc1C. The first kappa shape index (κ1) is 22.5. The second kappa shape index (κ2) is 9.45. The van der Waals surface area contributed by atoms with Crippen molar-refractivity contribution in [3.8, 4) is 16.9 Å². The highest BCUT2D eigenvalue weighted by Crippen LogP contribution is 2.36. The number of nitrogens with zero attached hydrogens (tertiary/aromatic N) is 2. The lowest BCUT2D eigenvalue weighted by molar-refractivity contribution is -0.114. The van der Waals surface area contributed by atoms with Gasteiger partial charge in [-0.05, 0) is 54.3 Å². The summed E-state index contributed by atoms with van der Waals surface area (Å²) in [5, 5.41) is 29.4. The molecule has 0 aliphatic carbocycles. The molecule has 0 saturated heterocycles. The van der Waals surface area contributed by atoms with Crippen LogP contribution >= 0.6 is 0 Å². The highest BCUT2D eigenvalue weighted by atomic mass is 16.3. The molecule has 9 nitrogen and oxygen atoms in total. The zero-order valence-electron chi connectivity index (χ0n) is 18.8. The van der Waals surface area contributed by atoms with Crippen LogP contribution in [0.1, 0.15) is 16.7 Å². The number of hydrogen-bond donors (Lipinski definition) is 6. The summed E-state index contributed by atoms with van der Waals surface area (Å²) in [5.74, 6) is -0.622. The number of phenols is 1. The van der Waals surface area contributed by atoms with Crippen LogP contribution in [0.3, 0.4) is 0 Å². The average Bonchev–Trinajstić information content (AvgIpc) is 3.14. The van der Waals surface area contributed by atoms with Crippen molar-refractivity contribution in [3.05, 3.63) is 77.4 Å². The van der Waals surface area contributed by atoms with E-state index in [1.54, 1.807) is 36.4 Å². The monoisotopic (exact) mass is 455 g/mol. The third-order valence-electron chi connectivity index (χ3n) is 5.50. The fraction of sp³-hybridized carbons (Fsp3) is 0.120. The van der Waals surface area contributed by atoms with Crippen LogP contribution in [0.4, 0.5) is 11.4 Å². The van der Waals surface area contributed by atoms with Crippen LogP contribution in [0.5, 0.6) is 5.75 Å². The summed E-state index contributed by atoms with van der Waals surface area (Å²) in [6, 6.07) is 18.4. The van der Waals surface area contributed by atoms with Crippen LogP contribution in [0.15, 0.2) is 70.9 Å². The summed E-state index contributed by atoms with van der Waals surface area (Å²) in [4.78, 5) is 12.3. The Labute approximate surface area is 196 Å². The van der Waals surface area contributed by atoms with Gasteiger partial charge in [0.2, 0.25) is 0 Å². The molecule has 4 rings (SSSR count). The number of carbonyl (C=O) groups is 1. The minimum absolute atomic E-state index is 0.0297. The molecule has 0 atom stereocenters. The van der Waals surface area contributed by atoms with Gasteiger partial charge >= 0.3 is 0 Å². The van der Waals surface area contributed by atoms with E-state index in [0.717, 1.165) is 16.7 Å².